The Hall–Kier alpha value is -5.56. The molecular weight excluding hydrogens is 829 g/mol. The molecular formula is C47H53FN5O9P. The van der Waals surface area contributed by atoms with Crippen LogP contribution in [0.3, 0.4) is 0 Å². The molecule has 0 bridgehead atoms. The van der Waals surface area contributed by atoms with E-state index in [1.807, 2.05) is 107 Å². The van der Waals surface area contributed by atoms with Crippen molar-refractivity contribution in [3.05, 3.63) is 154 Å². The first-order chi connectivity index (χ1) is 30.4. The number of carbonyl (C=O) groups excluding carboxylic acids is 1. The largest absolute Gasteiger partial charge is 0.497 e. The molecule has 1 saturated heterocycles. The Morgan fingerprint density at radius 1 is 0.873 bits per heavy atom. The van der Waals surface area contributed by atoms with Crippen LogP contribution < -0.4 is 20.5 Å². The monoisotopic (exact) mass is 881 g/mol. The third-order valence-corrected chi connectivity index (χ3v) is 12.6. The first-order valence-corrected chi connectivity index (χ1v) is 21.7. The van der Waals surface area contributed by atoms with Crippen molar-refractivity contribution in [3.63, 3.8) is 0 Å². The SMILES string of the molecule is COc1ccc(C(OC[C@H]2O[C@@H](n3cc(F)c(NC(=O)c4ccccc4)nc3=O)[C@H](OC)[C@@H]2OP(OCCC#N)N(C(C)C)C(C)C)(c2ccccc2)c2ccc(OC)cc2)cc1. The van der Waals surface area contributed by atoms with Crippen LogP contribution in [0.1, 0.15) is 67.4 Å². The van der Waals surface area contributed by atoms with Gasteiger partial charge in [-0.1, -0.05) is 72.8 Å². The lowest BCUT2D eigenvalue weighted by atomic mass is 9.80. The van der Waals surface area contributed by atoms with E-state index in [4.69, 9.17) is 32.7 Å². The van der Waals surface area contributed by atoms with Crippen LogP contribution in [-0.4, -0.2) is 85.1 Å². The third-order valence-electron chi connectivity index (χ3n) is 10.5. The number of rotatable bonds is 20. The van der Waals surface area contributed by atoms with E-state index in [1.54, 1.807) is 44.6 Å². The first kappa shape index (κ1) is 46.9. The Balaban J connectivity index is 1.46. The molecule has 1 unspecified atom stereocenters. The van der Waals surface area contributed by atoms with Crippen LogP contribution in [0.5, 0.6) is 11.5 Å². The molecule has 0 saturated carbocycles. The summed E-state index contributed by atoms with van der Waals surface area (Å²) in [4.78, 5) is 30.7. The summed E-state index contributed by atoms with van der Waals surface area (Å²) in [5.41, 5.74) is 0.385. The Bertz CT molecular complexity index is 2290. The second-order valence-electron chi connectivity index (χ2n) is 15.1. The van der Waals surface area contributed by atoms with E-state index in [0.29, 0.717) is 11.5 Å². The molecule has 5 atom stereocenters. The Morgan fingerprint density at radius 2 is 1.43 bits per heavy atom. The van der Waals surface area contributed by atoms with Gasteiger partial charge in [0, 0.05) is 24.8 Å². The zero-order chi connectivity index (χ0) is 45.1. The van der Waals surface area contributed by atoms with E-state index < -0.39 is 61.9 Å². The van der Waals surface area contributed by atoms with Gasteiger partial charge in [-0.15, -0.1) is 0 Å². The normalized spacial score (nSPS) is 18.1. The van der Waals surface area contributed by atoms with Crippen LogP contribution >= 0.6 is 8.53 Å². The average molecular weight is 882 g/mol. The van der Waals surface area contributed by atoms with E-state index in [2.05, 4.69) is 21.0 Å². The van der Waals surface area contributed by atoms with Crippen molar-refractivity contribution < 1.29 is 41.9 Å². The van der Waals surface area contributed by atoms with Crippen LogP contribution in [0, 0.1) is 17.1 Å². The topological polar surface area (TPSA) is 156 Å². The summed E-state index contributed by atoms with van der Waals surface area (Å²) >= 11 is 0. The maximum atomic E-state index is 16.0. The van der Waals surface area contributed by atoms with Gasteiger partial charge in [0.05, 0.1) is 46.1 Å². The molecule has 2 heterocycles. The van der Waals surface area contributed by atoms with Gasteiger partial charge in [0.15, 0.2) is 17.9 Å². The van der Waals surface area contributed by atoms with Crippen LogP contribution in [0.4, 0.5) is 10.2 Å². The molecule has 1 fully saturated rings. The van der Waals surface area contributed by atoms with Crippen molar-refractivity contribution in [1.82, 2.24) is 14.2 Å². The number of carbonyl (C=O) groups is 1. The fourth-order valence-electron chi connectivity index (χ4n) is 7.61. The quantitative estimate of drug-likeness (QED) is 0.0455. The molecule has 14 nitrogen and oxygen atoms in total. The van der Waals surface area contributed by atoms with Gasteiger partial charge in [0.2, 0.25) is 0 Å². The van der Waals surface area contributed by atoms with Crippen molar-refractivity contribution in [2.75, 3.05) is 39.9 Å². The van der Waals surface area contributed by atoms with E-state index in [-0.39, 0.29) is 37.3 Å². The number of hydrogen-bond donors (Lipinski definition) is 1. The standard InChI is InChI=1S/C47H53FN5O9P/c1-31(2)53(32(3)4)63(60-28-14-27-49)62-41-40(61-45(42(41)58-7)52-29-39(48)43(51-46(52)55)50-44(54)33-15-10-8-11-16-33)30-59-47(34-17-12-9-13-18-34,35-19-23-37(56-5)24-20-35)36-21-25-38(57-6)26-22-36/h8-13,15-26,29,31-32,40-42,45H,14,28,30H2,1-7H3,(H,50,51,54,55)/t40-,41-,42-,45-,63?/m1/s1. The van der Waals surface area contributed by atoms with E-state index in [0.717, 1.165) is 27.5 Å². The lowest BCUT2D eigenvalue weighted by Gasteiger charge is -2.39. The van der Waals surface area contributed by atoms with Crippen LogP contribution in [0.2, 0.25) is 0 Å². The molecule has 1 aliphatic rings. The minimum atomic E-state index is -1.89. The molecule has 63 heavy (non-hydrogen) atoms. The van der Waals surface area contributed by atoms with Crippen LogP contribution in [0.25, 0.3) is 0 Å². The number of nitrogens with one attached hydrogen (secondary N) is 1. The Kier molecular flexibility index (Phi) is 16.2. The molecule has 332 valence electrons. The highest BCUT2D eigenvalue weighted by Gasteiger charge is 2.51. The highest BCUT2D eigenvalue weighted by molar-refractivity contribution is 7.44. The van der Waals surface area contributed by atoms with Crippen LogP contribution in [0.15, 0.2) is 120 Å². The average Bonchev–Trinajstić information content (AvgIpc) is 3.64. The predicted molar refractivity (Wildman–Crippen MR) is 236 cm³/mol. The highest BCUT2D eigenvalue weighted by Crippen LogP contribution is 2.51. The summed E-state index contributed by atoms with van der Waals surface area (Å²) in [6.07, 6.45) is -3.29. The van der Waals surface area contributed by atoms with E-state index >= 15 is 4.39 Å². The van der Waals surface area contributed by atoms with Gasteiger partial charge >= 0.3 is 5.69 Å². The molecule has 1 aliphatic heterocycles. The summed E-state index contributed by atoms with van der Waals surface area (Å²) in [5.74, 6) is -0.873. The van der Waals surface area contributed by atoms with Gasteiger partial charge in [-0.2, -0.15) is 10.2 Å². The van der Waals surface area contributed by atoms with Gasteiger partial charge < -0.3 is 38.0 Å². The fraction of sp³-hybridized carbons (Fsp3) is 0.362. The minimum absolute atomic E-state index is 0.0533. The summed E-state index contributed by atoms with van der Waals surface area (Å²) in [6.45, 7) is 7.98. The lowest BCUT2D eigenvalue weighted by molar-refractivity contribution is -0.0959. The number of benzene rings is 4. The number of nitriles is 1. The second kappa shape index (κ2) is 21.7. The molecule has 0 radical (unpaired) electrons. The number of hydrogen-bond acceptors (Lipinski definition) is 12. The van der Waals surface area contributed by atoms with Gasteiger partial charge in [-0.05, 0) is 80.8 Å². The molecule has 0 aliphatic carbocycles. The van der Waals surface area contributed by atoms with Crippen molar-refractivity contribution >= 4 is 20.3 Å². The van der Waals surface area contributed by atoms with Crippen molar-refractivity contribution in [3.8, 4) is 17.6 Å². The van der Waals surface area contributed by atoms with Crippen LogP contribution in [-0.2, 0) is 28.9 Å². The zero-order valence-corrected chi connectivity index (χ0v) is 37.2. The molecule has 6 rings (SSSR count). The lowest BCUT2D eigenvalue weighted by Crippen LogP contribution is -2.43. The van der Waals surface area contributed by atoms with Gasteiger partial charge in [0.1, 0.15) is 35.4 Å². The second-order valence-corrected chi connectivity index (χ2v) is 16.6. The summed E-state index contributed by atoms with van der Waals surface area (Å²) < 4.78 is 63.5. The summed E-state index contributed by atoms with van der Waals surface area (Å²) in [7, 11) is 2.74. The third kappa shape index (κ3) is 10.6. The van der Waals surface area contributed by atoms with Gasteiger partial charge in [-0.3, -0.25) is 9.36 Å². The highest BCUT2D eigenvalue weighted by atomic mass is 31.2. The number of halogens is 1. The Labute approximate surface area is 368 Å². The van der Waals surface area contributed by atoms with Crippen molar-refractivity contribution in [1.29, 1.82) is 5.26 Å². The maximum Gasteiger partial charge on any atom is 0.351 e. The first-order valence-electron chi connectivity index (χ1n) is 20.5. The molecule has 1 amide bonds. The van der Waals surface area contributed by atoms with E-state index in [9.17, 15) is 14.9 Å². The molecule has 16 heteroatoms. The zero-order valence-electron chi connectivity index (χ0n) is 36.3. The van der Waals surface area contributed by atoms with Crippen molar-refractivity contribution in [2.24, 2.45) is 0 Å². The number of methoxy groups -OCH3 is 3. The Morgan fingerprint density at radius 3 is 1.95 bits per heavy atom. The number of anilines is 1. The van der Waals surface area contributed by atoms with Gasteiger partial charge in [-0.25, -0.2) is 13.9 Å². The van der Waals surface area contributed by atoms with Gasteiger partial charge in [0.25, 0.3) is 14.4 Å². The minimum Gasteiger partial charge on any atom is -0.497 e. The van der Waals surface area contributed by atoms with E-state index in [1.165, 1.54) is 7.11 Å². The maximum absolute atomic E-state index is 16.0. The number of aromatic nitrogens is 2. The smallest absolute Gasteiger partial charge is 0.351 e. The predicted octanol–water partition coefficient (Wildman–Crippen LogP) is 8.23. The molecule has 1 aromatic heterocycles. The molecule has 0 spiro atoms. The number of ether oxygens (including phenoxy) is 5. The number of nitrogens with zero attached hydrogens (tertiary/aromatic N) is 4. The van der Waals surface area contributed by atoms with Crippen molar-refractivity contribution in [2.45, 2.75) is 76.3 Å². The number of amides is 1. The molecule has 1 N–H and O–H groups in total. The molecule has 4 aromatic carbocycles. The fourth-order valence-corrected chi connectivity index (χ4v) is 9.38. The summed E-state index contributed by atoms with van der Waals surface area (Å²) in [5, 5.41) is 11.8. The molecule has 5 aromatic rings. The summed E-state index contributed by atoms with van der Waals surface area (Å²) in [6, 6.07) is 35.0.